The van der Waals surface area contributed by atoms with Gasteiger partial charge in [-0.2, -0.15) is 11.3 Å². The number of rotatable bonds is 3. The fourth-order valence-corrected chi connectivity index (χ4v) is 2.59. The molecule has 0 spiro atoms. The van der Waals surface area contributed by atoms with E-state index in [2.05, 4.69) is 4.98 Å². The van der Waals surface area contributed by atoms with Crippen LogP contribution in [0.5, 0.6) is 0 Å². The van der Waals surface area contributed by atoms with Gasteiger partial charge in [-0.15, -0.1) is 0 Å². The Kier molecular flexibility index (Phi) is 2.90. The summed E-state index contributed by atoms with van der Waals surface area (Å²) < 4.78 is 0. The zero-order valence-electron chi connectivity index (χ0n) is 9.67. The maximum Gasteiger partial charge on any atom is 0.167 e. The molecule has 18 heavy (non-hydrogen) atoms. The molecule has 0 amide bonds. The van der Waals surface area contributed by atoms with Crippen LogP contribution in [0.4, 0.5) is 0 Å². The summed E-state index contributed by atoms with van der Waals surface area (Å²) in [5, 5.41) is 5.06. The lowest BCUT2D eigenvalue weighted by Gasteiger charge is -2.01. The van der Waals surface area contributed by atoms with Crippen LogP contribution in [0, 0.1) is 0 Å². The molecule has 0 N–H and O–H groups in total. The number of ketones is 1. The lowest BCUT2D eigenvalue weighted by Crippen LogP contribution is -2.02. The number of nitrogens with zero attached hydrogens (tertiary/aromatic N) is 1. The first kappa shape index (κ1) is 11.1. The number of thiophene rings is 1. The maximum atomic E-state index is 12.1. The van der Waals surface area contributed by atoms with Crippen molar-refractivity contribution in [1.82, 2.24) is 4.98 Å². The molecular formula is C15H11NOS. The minimum absolute atomic E-state index is 0.140. The third kappa shape index (κ3) is 2.17. The fourth-order valence-electron chi connectivity index (χ4n) is 1.92. The van der Waals surface area contributed by atoms with Gasteiger partial charge in [-0.25, -0.2) is 0 Å². The lowest BCUT2D eigenvalue weighted by molar-refractivity contribution is 0.0993. The number of fused-ring (bicyclic) bond motifs is 1. The molecule has 0 saturated carbocycles. The molecule has 2 aromatic heterocycles. The van der Waals surface area contributed by atoms with Crippen molar-refractivity contribution in [3.8, 4) is 0 Å². The second kappa shape index (κ2) is 4.70. The zero-order valence-corrected chi connectivity index (χ0v) is 10.5. The summed E-state index contributed by atoms with van der Waals surface area (Å²) in [5.74, 6) is 0.140. The van der Waals surface area contributed by atoms with Gasteiger partial charge < -0.3 is 0 Å². The quantitative estimate of drug-likeness (QED) is 0.666. The summed E-state index contributed by atoms with van der Waals surface area (Å²) >= 11 is 1.61. The number of pyridine rings is 1. The first-order chi connectivity index (χ1) is 8.83. The van der Waals surface area contributed by atoms with E-state index in [0.29, 0.717) is 6.42 Å². The van der Waals surface area contributed by atoms with Crippen LogP contribution in [0.3, 0.4) is 0 Å². The lowest BCUT2D eigenvalue weighted by atomic mass is 10.0. The van der Waals surface area contributed by atoms with Gasteiger partial charge in [0.2, 0.25) is 0 Å². The van der Waals surface area contributed by atoms with E-state index in [1.807, 2.05) is 47.2 Å². The van der Waals surface area contributed by atoms with E-state index >= 15 is 0 Å². The van der Waals surface area contributed by atoms with E-state index < -0.39 is 0 Å². The molecule has 0 aliphatic heterocycles. The standard InChI is InChI=1S/C15H11NOS/c17-15(8-11-5-7-18-10-11)13-4-3-12-2-1-6-16-14(12)9-13/h1-7,9-10H,8H2. The molecule has 0 saturated heterocycles. The van der Waals surface area contributed by atoms with Gasteiger partial charge in [0, 0.05) is 23.6 Å². The molecule has 0 radical (unpaired) electrons. The first-order valence-electron chi connectivity index (χ1n) is 5.72. The number of Topliss-reactive ketones (excluding diaryl/α,β-unsaturated/α-hetero) is 1. The molecule has 88 valence electrons. The highest BCUT2D eigenvalue weighted by Gasteiger charge is 2.08. The van der Waals surface area contributed by atoms with Gasteiger partial charge in [0.15, 0.2) is 5.78 Å². The second-order valence-corrected chi connectivity index (χ2v) is 4.92. The van der Waals surface area contributed by atoms with Gasteiger partial charge in [-0.05, 0) is 34.5 Å². The van der Waals surface area contributed by atoms with Gasteiger partial charge in [-0.3, -0.25) is 9.78 Å². The predicted octanol–water partition coefficient (Wildman–Crippen LogP) is 3.72. The van der Waals surface area contributed by atoms with Crippen LogP contribution in [0.25, 0.3) is 10.9 Å². The minimum Gasteiger partial charge on any atom is -0.294 e. The van der Waals surface area contributed by atoms with Gasteiger partial charge in [0.1, 0.15) is 0 Å². The molecule has 0 aliphatic rings. The van der Waals surface area contributed by atoms with Crippen molar-refractivity contribution in [1.29, 1.82) is 0 Å². The smallest absolute Gasteiger partial charge is 0.167 e. The predicted molar refractivity (Wildman–Crippen MR) is 74.1 cm³/mol. The number of carbonyl (C=O) groups is 1. The summed E-state index contributed by atoms with van der Waals surface area (Å²) in [5.41, 5.74) is 2.67. The van der Waals surface area contributed by atoms with E-state index in [9.17, 15) is 4.79 Å². The first-order valence-corrected chi connectivity index (χ1v) is 6.66. The molecule has 3 rings (SSSR count). The molecule has 1 aromatic carbocycles. The topological polar surface area (TPSA) is 30.0 Å². The van der Waals surface area contributed by atoms with Crippen molar-refractivity contribution in [2.24, 2.45) is 0 Å². The molecule has 3 heteroatoms. The Labute approximate surface area is 109 Å². The summed E-state index contributed by atoms with van der Waals surface area (Å²) in [6.07, 6.45) is 2.21. The van der Waals surface area contributed by atoms with Gasteiger partial charge in [0.25, 0.3) is 0 Å². The molecule has 2 heterocycles. The van der Waals surface area contributed by atoms with Crippen molar-refractivity contribution in [3.63, 3.8) is 0 Å². The van der Waals surface area contributed by atoms with Crippen LogP contribution in [0.1, 0.15) is 15.9 Å². The van der Waals surface area contributed by atoms with Crippen LogP contribution in [0.15, 0.2) is 53.4 Å². The Morgan fingerprint density at radius 1 is 1.22 bits per heavy atom. The molecule has 0 bridgehead atoms. The van der Waals surface area contributed by atoms with Gasteiger partial charge in [-0.1, -0.05) is 18.2 Å². The Bertz CT molecular complexity index is 689. The number of hydrogen-bond donors (Lipinski definition) is 0. The Morgan fingerprint density at radius 2 is 2.17 bits per heavy atom. The molecule has 2 nitrogen and oxygen atoms in total. The second-order valence-electron chi connectivity index (χ2n) is 4.14. The van der Waals surface area contributed by atoms with Crippen LogP contribution in [0.2, 0.25) is 0 Å². The van der Waals surface area contributed by atoms with E-state index in [-0.39, 0.29) is 5.78 Å². The molecule has 0 atom stereocenters. The average Bonchev–Trinajstić information content (AvgIpc) is 2.91. The third-order valence-electron chi connectivity index (χ3n) is 2.87. The van der Waals surface area contributed by atoms with Crippen molar-refractivity contribution in [3.05, 3.63) is 64.5 Å². The highest BCUT2D eigenvalue weighted by atomic mass is 32.1. The summed E-state index contributed by atoms with van der Waals surface area (Å²) in [6, 6.07) is 11.6. The highest BCUT2D eigenvalue weighted by molar-refractivity contribution is 7.08. The SMILES string of the molecule is O=C(Cc1ccsc1)c1ccc2cccnc2c1. The summed E-state index contributed by atoms with van der Waals surface area (Å²) in [4.78, 5) is 16.4. The van der Waals surface area contributed by atoms with E-state index in [4.69, 9.17) is 0 Å². The molecule has 0 unspecified atom stereocenters. The number of benzene rings is 1. The Hall–Kier alpha value is -2.00. The number of carbonyl (C=O) groups excluding carboxylic acids is 1. The number of hydrogen-bond acceptors (Lipinski definition) is 3. The van der Waals surface area contributed by atoms with Gasteiger partial charge >= 0.3 is 0 Å². The molecular weight excluding hydrogens is 242 g/mol. The Morgan fingerprint density at radius 3 is 3.00 bits per heavy atom. The fraction of sp³-hybridized carbons (Fsp3) is 0.0667. The molecule has 3 aromatic rings. The van der Waals surface area contributed by atoms with Crippen LogP contribution >= 0.6 is 11.3 Å². The van der Waals surface area contributed by atoms with Crippen LogP contribution < -0.4 is 0 Å². The van der Waals surface area contributed by atoms with E-state index in [1.54, 1.807) is 17.5 Å². The van der Waals surface area contributed by atoms with Crippen molar-refractivity contribution >= 4 is 28.0 Å². The number of aromatic nitrogens is 1. The summed E-state index contributed by atoms with van der Waals surface area (Å²) in [6.45, 7) is 0. The van der Waals surface area contributed by atoms with Crippen molar-refractivity contribution in [2.75, 3.05) is 0 Å². The molecule has 0 aliphatic carbocycles. The zero-order chi connectivity index (χ0) is 12.4. The maximum absolute atomic E-state index is 12.1. The van der Waals surface area contributed by atoms with Crippen molar-refractivity contribution < 1.29 is 4.79 Å². The van der Waals surface area contributed by atoms with E-state index in [0.717, 1.165) is 22.0 Å². The third-order valence-corrected chi connectivity index (χ3v) is 3.60. The minimum atomic E-state index is 0.140. The molecule has 0 fully saturated rings. The Balaban J connectivity index is 1.92. The van der Waals surface area contributed by atoms with Crippen LogP contribution in [-0.2, 0) is 6.42 Å². The summed E-state index contributed by atoms with van der Waals surface area (Å²) in [7, 11) is 0. The monoisotopic (exact) mass is 253 g/mol. The normalized spacial score (nSPS) is 10.7. The highest BCUT2D eigenvalue weighted by Crippen LogP contribution is 2.16. The van der Waals surface area contributed by atoms with Crippen LogP contribution in [-0.4, -0.2) is 10.8 Å². The average molecular weight is 253 g/mol. The van der Waals surface area contributed by atoms with E-state index in [1.165, 1.54) is 0 Å². The van der Waals surface area contributed by atoms with Crippen molar-refractivity contribution in [2.45, 2.75) is 6.42 Å². The largest absolute Gasteiger partial charge is 0.294 e. The van der Waals surface area contributed by atoms with Gasteiger partial charge in [0.05, 0.1) is 5.52 Å².